The van der Waals surface area contributed by atoms with Crippen LogP contribution in [0.1, 0.15) is 6.42 Å². The molecule has 2 heterocycles. The van der Waals surface area contributed by atoms with Gasteiger partial charge < -0.3 is 10.6 Å². The third-order valence-electron chi connectivity index (χ3n) is 2.44. The van der Waals surface area contributed by atoms with Crippen LogP contribution < -0.4 is 10.6 Å². The van der Waals surface area contributed by atoms with Crippen molar-refractivity contribution in [3.63, 3.8) is 0 Å². The van der Waals surface area contributed by atoms with E-state index in [1.807, 2.05) is 0 Å². The van der Waals surface area contributed by atoms with E-state index in [9.17, 15) is 4.79 Å². The Morgan fingerprint density at radius 3 is 3.06 bits per heavy atom. The van der Waals surface area contributed by atoms with Gasteiger partial charge in [0, 0.05) is 20.1 Å². The Morgan fingerprint density at radius 2 is 2.28 bits per heavy atom. The van der Waals surface area contributed by atoms with Crippen LogP contribution in [0.15, 0.2) is 6.20 Å². The van der Waals surface area contributed by atoms with Gasteiger partial charge in [-0.25, -0.2) is 0 Å². The lowest BCUT2D eigenvalue weighted by Crippen LogP contribution is -2.16. The van der Waals surface area contributed by atoms with E-state index in [-0.39, 0.29) is 5.28 Å². The molecule has 0 bridgehead atoms. The van der Waals surface area contributed by atoms with Gasteiger partial charge in [0.05, 0.1) is 11.6 Å². The molecule has 7 nitrogen and oxygen atoms in total. The van der Waals surface area contributed by atoms with E-state index < -0.39 is 0 Å². The van der Waals surface area contributed by atoms with Crippen molar-refractivity contribution in [3.8, 4) is 0 Å². The monoisotopic (exact) mass is 268 g/mol. The van der Waals surface area contributed by atoms with Crippen molar-refractivity contribution in [1.82, 2.24) is 25.1 Å². The zero-order valence-electron chi connectivity index (χ0n) is 9.85. The van der Waals surface area contributed by atoms with E-state index in [0.29, 0.717) is 31.0 Å². The predicted molar refractivity (Wildman–Crippen MR) is 68.5 cm³/mol. The molecule has 2 aromatic rings. The molecule has 18 heavy (non-hydrogen) atoms. The summed E-state index contributed by atoms with van der Waals surface area (Å²) in [6.07, 6.45) is 3.17. The Kier molecular flexibility index (Phi) is 3.93. The summed E-state index contributed by atoms with van der Waals surface area (Å²) in [5, 5.41) is 10.9. The molecular weight excluding hydrogens is 256 g/mol. The van der Waals surface area contributed by atoms with Crippen molar-refractivity contribution in [2.75, 3.05) is 18.4 Å². The second kappa shape index (κ2) is 5.63. The highest BCUT2D eigenvalue weighted by molar-refractivity contribution is 6.28. The van der Waals surface area contributed by atoms with Crippen LogP contribution in [-0.4, -0.2) is 39.2 Å². The maximum atomic E-state index is 10.1. The summed E-state index contributed by atoms with van der Waals surface area (Å²) >= 11 is 5.85. The van der Waals surface area contributed by atoms with Gasteiger partial charge in [-0.1, -0.05) is 0 Å². The number of anilines is 1. The standard InChI is InChI=1S/C10H13ClN6O/c1-17-9-7(5-14-17)8(15-10(11)16-9)13-4-2-3-12-6-18/h5-6H,2-4H2,1H3,(H,12,18)(H,13,15,16). The molecule has 1 amide bonds. The van der Waals surface area contributed by atoms with E-state index in [1.54, 1.807) is 17.9 Å². The van der Waals surface area contributed by atoms with Gasteiger partial charge in [0.25, 0.3) is 0 Å². The smallest absolute Gasteiger partial charge is 0.226 e. The Labute approximate surface area is 109 Å². The molecule has 0 atom stereocenters. The molecule has 0 aliphatic rings. The van der Waals surface area contributed by atoms with Crippen molar-refractivity contribution < 1.29 is 4.79 Å². The van der Waals surface area contributed by atoms with E-state index in [0.717, 1.165) is 11.8 Å². The van der Waals surface area contributed by atoms with Crippen LogP contribution in [0.5, 0.6) is 0 Å². The SMILES string of the molecule is Cn1ncc2c(NCCCNC=O)nc(Cl)nc21. The number of halogens is 1. The molecule has 2 aromatic heterocycles. The number of fused-ring (bicyclic) bond motifs is 1. The highest BCUT2D eigenvalue weighted by Crippen LogP contribution is 2.20. The molecule has 0 aromatic carbocycles. The second-order valence-electron chi connectivity index (χ2n) is 3.70. The van der Waals surface area contributed by atoms with Crippen molar-refractivity contribution in [3.05, 3.63) is 11.5 Å². The zero-order chi connectivity index (χ0) is 13.0. The summed E-state index contributed by atoms with van der Waals surface area (Å²) in [4.78, 5) is 18.3. The minimum Gasteiger partial charge on any atom is -0.369 e. The van der Waals surface area contributed by atoms with E-state index in [4.69, 9.17) is 11.6 Å². The second-order valence-corrected chi connectivity index (χ2v) is 4.04. The predicted octanol–water partition coefficient (Wildman–Crippen LogP) is 0.565. The van der Waals surface area contributed by atoms with Crippen LogP contribution in [0.4, 0.5) is 5.82 Å². The average molecular weight is 269 g/mol. The highest BCUT2D eigenvalue weighted by Gasteiger charge is 2.09. The number of hydrogen-bond donors (Lipinski definition) is 2. The summed E-state index contributed by atoms with van der Waals surface area (Å²) in [7, 11) is 1.80. The minimum atomic E-state index is 0.180. The molecule has 0 saturated carbocycles. The largest absolute Gasteiger partial charge is 0.369 e. The maximum Gasteiger partial charge on any atom is 0.226 e. The molecule has 2 N–H and O–H groups in total. The van der Waals surface area contributed by atoms with E-state index in [1.165, 1.54) is 0 Å². The Morgan fingerprint density at radius 1 is 1.44 bits per heavy atom. The van der Waals surface area contributed by atoms with Crippen LogP contribution in [0.2, 0.25) is 5.28 Å². The average Bonchev–Trinajstić information content (AvgIpc) is 2.71. The lowest BCUT2D eigenvalue weighted by molar-refractivity contribution is -0.109. The number of nitrogens with zero attached hydrogens (tertiary/aromatic N) is 4. The zero-order valence-corrected chi connectivity index (χ0v) is 10.6. The maximum absolute atomic E-state index is 10.1. The van der Waals surface area contributed by atoms with Gasteiger partial charge >= 0.3 is 0 Å². The normalized spacial score (nSPS) is 10.6. The lowest BCUT2D eigenvalue weighted by atomic mass is 10.3. The number of rotatable bonds is 6. The Hall–Kier alpha value is -1.89. The fourth-order valence-electron chi connectivity index (χ4n) is 1.59. The van der Waals surface area contributed by atoms with Crippen LogP contribution >= 0.6 is 11.6 Å². The van der Waals surface area contributed by atoms with Gasteiger partial charge in [0.2, 0.25) is 11.7 Å². The van der Waals surface area contributed by atoms with Gasteiger partial charge in [-0.05, 0) is 18.0 Å². The fraction of sp³-hybridized carbons (Fsp3) is 0.400. The third-order valence-corrected chi connectivity index (χ3v) is 2.61. The topological polar surface area (TPSA) is 84.7 Å². The van der Waals surface area contributed by atoms with Crippen molar-refractivity contribution in [2.24, 2.45) is 7.05 Å². The molecule has 0 fully saturated rings. The van der Waals surface area contributed by atoms with E-state index in [2.05, 4.69) is 25.7 Å². The first kappa shape index (κ1) is 12.6. The summed E-state index contributed by atoms with van der Waals surface area (Å²) in [5.74, 6) is 0.657. The minimum absolute atomic E-state index is 0.180. The van der Waals surface area contributed by atoms with Crippen LogP contribution in [-0.2, 0) is 11.8 Å². The summed E-state index contributed by atoms with van der Waals surface area (Å²) in [6, 6.07) is 0. The van der Waals surface area contributed by atoms with Crippen LogP contribution in [0, 0.1) is 0 Å². The number of carbonyl (C=O) groups excluding carboxylic acids is 1. The number of aryl methyl sites for hydroxylation is 1. The summed E-state index contributed by atoms with van der Waals surface area (Å²) < 4.78 is 1.64. The van der Waals surface area contributed by atoms with E-state index >= 15 is 0 Å². The Balaban J connectivity index is 2.10. The first-order valence-electron chi connectivity index (χ1n) is 5.48. The first-order chi connectivity index (χ1) is 8.72. The molecule has 0 saturated heterocycles. The van der Waals surface area contributed by atoms with Gasteiger partial charge in [0.15, 0.2) is 5.65 Å². The molecule has 0 spiro atoms. The first-order valence-corrected chi connectivity index (χ1v) is 5.86. The fourth-order valence-corrected chi connectivity index (χ4v) is 1.75. The van der Waals surface area contributed by atoms with Gasteiger partial charge in [-0.2, -0.15) is 15.1 Å². The molecule has 0 unspecified atom stereocenters. The van der Waals surface area contributed by atoms with Crippen LogP contribution in [0.25, 0.3) is 11.0 Å². The molecule has 8 heteroatoms. The van der Waals surface area contributed by atoms with Gasteiger partial charge in [-0.3, -0.25) is 9.48 Å². The number of hydrogen-bond acceptors (Lipinski definition) is 5. The molecule has 0 aliphatic carbocycles. The number of amides is 1. The van der Waals surface area contributed by atoms with Crippen LogP contribution in [0.3, 0.4) is 0 Å². The molecular formula is C10H13ClN6O. The lowest BCUT2D eigenvalue weighted by Gasteiger charge is -2.06. The summed E-state index contributed by atoms with van der Waals surface area (Å²) in [5.41, 5.74) is 0.684. The highest BCUT2D eigenvalue weighted by atomic mass is 35.5. The van der Waals surface area contributed by atoms with Crippen molar-refractivity contribution in [2.45, 2.75) is 6.42 Å². The Bertz CT molecular complexity index is 555. The quantitative estimate of drug-likeness (QED) is 0.454. The van der Waals surface area contributed by atoms with Crippen molar-refractivity contribution in [1.29, 1.82) is 0 Å². The molecule has 0 radical (unpaired) electrons. The van der Waals surface area contributed by atoms with Crippen molar-refractivity contribution >= 4 is 34.9 Å². The number of aromatic nitrogens is 4. The summed E-state index contributed by atoms with van der Waals surface area (Å²) in [6.45, 7) is 1.30. The molecule has 2 rings (SSSR count). The van der Waals surface area contributed by atoms with Gasteiger partial charge in [-0.15, -0.1) is 0 Å². The van der Waals surface area contributed by atoms with Gasteiger partial charge in [0.1, 0.15) is 5.82 Å². The number of carbonyl (C=O) groups is 1. The third kappa shape index (κ3) is 2.67. The molecule has 96 valence electrons. The molecule has 0 aliphatic heterocycles. The number of nitrogens with one attached hydrogen (secondary N) is 2.